The summed E-state index contributed by atoms with van der Waals surface area (Å²) in [5.74, 6) is 0. The van der Waals surface area contributed by atoms with Gasteiger partial charge in [0.15, 0.2) is 0 Å². The highest BCUT2D eigenvalue weighted by Crippen LogP contribution is 2.20. The number of rotatable bonds is 1. The van der Waals surface area contributed by atoms with Crippen LogP contribution in [-0.4, -0.2) is 9.55 Å². The Morgan fingerprint density at radius 1 is 1.50 bits per heavy atom. The molecule has 1 rings (SSSR count). The zero-order valence-electron chi connectivity index (χ0n) is 3.96. The van der Waals surface area contributed by atoms with Gasteiger partial charge in [-0.05, 0) is 0 Å². The molecule has 0 amide bonds. The molecule has 0 bridgehead atoms. The van der Waals surface area contributed by atoms with Crippen molar-refractivity contribution in [1.29, 1.82) is 0 Å². The SMILES string of the molecule is BrC(Br)n1ccnc1. The van der Waals surface area contributed by atoms with Crippen LogP contribution in [0, 0.1) is 0 Å². The maximum absolute atomic E-state index is 3.85. The summed E-state index contributed by atoms with van der Waals surface area (Å²) < 4.78 is 2.05. The standard InChI is InChI=1S/C4H4Br2N2/c5-4(6)8-2-1-7-3-8/h1-4H. The average molecular weight is 240 g/mol. The van der Waals surface area contributed by atoms with Gasteiger partial charge in [0, 0.05) is 12.4 Å². The lowest BCUT2D eigenvalue weighted by Crippen LogP contribution is -1.87. The van der Waals surface area contributed by atoms with Crippen molar-refractivity contribution in [3.05, 3.63) is 18.7 Å². The molecule has 0 aromatic carbocycles. The maximum atomic E-state index is 3.85. The summed E-state index contributed by atoms with van der Waals surface area (Å²) in [7, 11) is 0. The van der Waals surface area contributed by atoms with Crippen LogP contribution in [0.25, 0.3) is 0 Å². The van der Waals surface area contributed by atoms with Crippen LogP contribution in [0.5, 0.6) is 0 Å². The highest BCUT2D eigenvalue weighted by Gasteiger charge is 1.95. The zero-order chi connectivity index (χ0) is 5.98. The molecular weight excluding hydrogens is 236 g/mol. The first-order valence-corrected chi connectivity index (χ1v) is 3.89. The van der Waals surface area contributed by atoms with Crippen molar-refractivity contribution in [3.63, 3.8) is 0 Å². The molecule has 0 saturated heterocycles. The monoisotopic (exact) mass is 238 g/mol. The maximum Gasteiger partial charge on any atom is 0.145 e. The Bertz CT molecular complexity index is 147. The lowest BCUT2D eigenvalue weighted by atomic mass is 10.9. The second kappa shape index (κ2) is 2.64. The van der Waals surface area contributed by atoms with Crippen LogP contribution in [0.2, 0.25) is 0 Å². The topological polar surface area (TPSA) is 17.8 Å². The van der Waals surface area contributed by atoms with E-state index in [9.17, 15) is 0 Å². The predicted octanol–water partition coefficient (Wildman–Crippen LogP) is 2.13. The van der Waals surface area contributed by atoms with Crippen molar-refractivity contribution in [1.82, 2.24) is 9.55 Å². The molecule has 0 atom stereocenters. The third-order valence-corrected chi connectivity index (χ3v) is 1.70. The lowest BCUT2D eigenvalue weighted by molar-refractivity contribution is 0.893. The largest absolute Gasteiger partial charge is 0.315 e. The summed E-state index contributed by atoms with van der Waals surface area (Å²) in [5.41, 5.74) is 0. The molecular formula is C4H4Br2N2. The van der Waals surface area contributed by atoms with Gasteiger partial charge >= 0.3 is 0 Å². The molecule has 0 N–H and O–H groups in total. The summed E-state index contributed by atoms with van der Waals surface area (Å²) in [6.07, 6.45) is 5.33. The molecule has 0 fully saturated rings. The molecule has 0 aliphatic carbocycles. The van der Waals surface area contributed by atoms with E-state index in [2.05, 4.69) is 36.8 Å². The van der Waals surface area contributed by atoms with E-state index in [1.54, 1.807) is 12.5 Å². The predicted molar refractivity (Wildman–Crippen MR) is 39.1 cm³/mol. The second-order valence-corrected chi connectivity index (χ2v) is 4.25. The third kappa shape index (κ3) is 1.32. The molecule has 4 heteroatoms. The van der Waals surface area contributed by atoms with Crippen molar-refractivity contribution in [3.8, 4) is 0 Å². The average Bonchev–Trinajstić information content (AvgIpc) is 2.12. The first-order chi connectivity index (χ1) is 3.80. The van der Waals surface area contributed by atoms with Gasteiger partial charge in [-0.25, -0.2) is 4.98 Å². The van der Waals surface area contributed by atoms with E-state index in [1.165, 1.54) is 0 Å². The van der Waals surface area contributed by atoms with Gasteiger partial charge in [-0.3, -0.25) is 0 Å². The van der Waals surface area contributed by atoms with Crippen LogP contribution in [0.1, 0.15) is 3.86 Å². The van der Waals surface area contributed by atoms with Crippen LogP contribution >= 0.6 is 31.9 Å². The molecule has 0 aliphatic heterocycles. The molecule has 0 spiro atoms. The number of alkyl halides is 2. The molecule has 0 saturated carbocycles. The minimum Gasteiger partial charge on any atom is -0.315 e. The van der Waals surface area contributed by atoms with Crippen LogP contribution in [0.15, 0.2) is 18.7 Å². The number of hydrogen-bond acceptors (Lipinski definition) is 1. The molecule has 0 radical (unpaired) electrons. The van der Waals surface area contributed by atoms with Crippen molar-refractivity contribution in [2.24, 2.45) is 0 Å². The summed E-state index contributed by atoms with van der Waals surface area (Å²) in [4.78, 5) is 3.85. The Balaban J connectivity index is 2.77. The van der Waals surface area contributed by atoms with Gasteiger partial charge in [-0.15, -0.1) is 0 Å². The smallest absolute Gasteiger partial charge is 0.145 e. The third-order valence-electron chi connectivity index (χ3n) is 0.750. The zero-order valence-corrected chi connectivity index (χ0v) is 7.13. The Morgan fingerprint density at radius 3 is 2.50 bits per heavy atom. The van der Waals surface area contributed by atoms with Crippen LogP contribution < -0.4 is 0 Å². The molecule has 44 valence electrons. The van der Waals surface area contributed by atoms with E-state index in [4.69, 9.17) is 0 Å². The van der Waals surface area contributed by atoms with E-state index >= 15 is 0 Å². The number of imidazole rings is 1. The highest BCUT2D eigenvalue weighted by molar-refractivity contribution is 9.24. The second-order valence-electron chi connectivity index (χ2n) is 1.29. The molecule has 8 heavy (non-hydrogen) atoms. The van der Waals surface area contributed by atoms with Gasteiger partial charge in [-0.1, -0.05) is 31.9 Å². The molecule has 1 aromatic heterocycles. The first-order valence-electron chi connectivity index (χ1n) is 2.06. The number of nitrogens with zero attached hydrogens (tertiary/aromatic N) is 2. The van der Waals surface area contributed by atoms with Crippen molar-refractivity contribution in [2.75, 3.05) is 0 Å². The van der Waals surface area contributed by atoms with Crippen molar-refractivity contribution in [2.45, 2.75) is 3.86 Å². The van der Waals surface area contributed by atoms with Crippen molar-refractivity contribution < 1.29 is 0 Å². The number of hydrogen-bond donors (Lipinski definition) is 0. The minimum atomic E-state index is 0.164. The van der Waals surface area contributed by atoms with Crippen molar-refractivity contribution >= 4 is 31.9 Å². The van der Waals surface area contributed by atoms with Crippen LogP contribution in [0.4, 0.5) is 0 Å². The summed E-state index contributed by atoms with van der Waals surface area (Å²) in [5, 5.41) is 0. The Hall–Kier alpha value is 0.170. The van der Waals surface area contributed by atoms with Gasteiger partial charge in [-0.2, -0.15) is 0 Å². The van der Waals surface area contributed by atoms with Gasteiger partial charge < -0.3 is 4.57 Å². The fourth-order valence-corrected chi connectivity index (χ4v) is 0.869. The van der Waals surface area contributed by atoms with Gasteiger partial charge in [0.05, 0.1) is 6.33 Å². The summed E-state index contributed by atoms with van der Waals surface area (Å²) >= 11 is 6.60. The molecule has 1 aromatic rings. The number of halogens is 2. The fourth-order valence-electron chi connectivity index (χ4n) is 0.385. The van der Waals surface area contributed by atoms with Crippen LogP contribution in [0.3, 0.4) is 0 Å². The van der Waals surface area contributed by atoms with E-state index in [-0.39, 0.29) is 3.86 Å². The van der Waals surface area contributed by atoms with Crippen LogP contribution in [-0.2, 0) is 0 Å². The Morgan fingerprint density at radius 2 is 2.25 bits per heavy atom. The highest BCUT2D eigenvalue weighted by atomic mass is 79.9. The van der Waals surface area contributed by atoms with E-state index in [1.807, 2.05) is 10.8 Å². The molecule has 1 heterocycles. The summed E-state index contributed by atoms with van der Waals surface area (Å²) in [6.45, 7) is 0. The normalized spacial score (nSPS) is 10.4. The minimum absolute atomic E-state index is 0.164. The Labute approximate surface area is 64.2 Å². The lowest BCUT2D eigenvalue weighted by Gasteiger charge is -1.98. The quantitative estimate of drug-likeness (QED) is 0.687. The fraction of sp³-hybridized carbons (Fsp3) is 0.250. The van der Waals surface area contributed by atoms with Gasteiger partial charge in [0.2, 0.25) is 0 Å². The van der Waals surface area contributed by atoms with Gasteiger partial charge in [0.1, 0.15) is 3.86 Å². The first kappa shape index (κ1) is 6.29. The van der Waals surface area contributed by atoms with E-state index in [0.717, 1.165) is 0 Å². The number of aromatic nitrogens is 2. The van der Waals surface area contributed by atoms with E-state index < -0.39 is 0 Å². The van der Waals surface area contributed by atoms with Gasteiger partial charge in [0.25, 0.3) is 0 Å². The molecule has 0 unspecified atom stereocenters. The molecule has 2 nitrogen and oxygen atoms in total. The molecule has 0 aliphatic rings. The van der Waals surface area contributed by atoms with E-state index in [0.29, 0.717) is 0 Å². The Kier molecular flexibility index (Phi) is 2.08. The summed E-state index contributed by atoms with van der Waals surface area (Å²) in [6, 6.07) is 0.